The number of sulfone groups is 1. The molecule has 0 atom stereocenters. The maximum Gasteiger partial charge on any atom is 0.206 e. The van der Waals surface area contributed by atoms with Crippen molar-refractivity contribution in [3.05, 3.63) is 58.5 Å². The van der Waals surface area contributed by atoms with Crippen LogP contribution in [0.15, 0.2) is 52.3 Å². The van der Waals surface area contributed by atoms with Gasteiger partial charge in [-0.1, -0.05) is 6.07 Å². The van der Waals surface area contributed by atoms with E-state index < -0.39 is 9.84 Å². The van der Waals surface area contributed by atoms with E-state index in [0.717, 1.165) is 5.56 Å². The number of hydrogen-bond acceptors (Lipinski definition) is 5. The molecule has 0 bridgehead atoms. The van der Waals surface area contributed by atoms with Crippen molar-refractivity contribution in [2.75, 3.05) is 6.61 Å². The lowest BCUT2D eigenvalue weighted by molar-refractivity contribution is 0.358. The molecule has 0 aliphatic carbocycles. The number of benzene rings is 2. The van der Waals surface area contributed by atoms with E-state index in [0.29, 0.717) is 17.9 Å². The van der Waals surface area contributed by atoms with Crippen molar-refractivity contribution in [1.29, 1.82) is 0 Å². The first-order valence-electron chi connectivity index (χ1n) is 6.71. The third-order valence-corrected chi connectivity index (χ3v) is 5.36. The molecule has 0 saturated heterocycles. The highest BCUT2D eigenvalue weighted by atomic mass is 32.2. The van der Waals surface area contributed by atoms with Crippen LogP contribution in [0.2, 0.25) is 0 Å². The summed E-state index contributed by atoms with van der Waals surface area (Å²) in [5.74, 6) is 0.620. The van der Waals surface area contributed by atoms with Crippen LogP contribution in [0.1, 0.15) is 11.1 Å². The zero-order valence-electron chi connectivity index (χ0n) is 11.7. The summed E-state index contributed by atoms with van der Waals surface area (Å²) in [6.45, 7) is 0.306. The van der Waals surface area contributed by atoms with Gasteiger partial charge in [-0.15, -0.1) is 0 Å². The van der Waals surface area contributed by atoms with Crippen molar-refractivity contribution in [1.82, 2.24) is 0 Å². The molecule has 22 heavy (non-hydrogen) atoms. The topological polar surface area (TPSA) is 89.6 Å². The van der Waals surface area contributed by atoms with Crippen molar-refractivity contribution in [2.24, 2.45) is 5.73 Å². The Kier molecular flexibility index (Phi) is 3.64. The second-order valence-electron chi connectivity index (χ2n) is 4.97. The molecule has 114 valence electrons. The van der Waals surface area contributed by atoms with Gasteiger partial charge in [-0.3, -0.25) is 0 Å². The zero-order valence-corrected chi connectivity index (χ0v) is 12.5. The van der Waals surface area contributed by atoms with Gasteiger partial charge in [-0.05, 0) is 53.6 Å². The monoisotopic (exact) mass is 317 g/mol. The molecule has 0 unspecified atom stereocenters. The van der Waals surface area contributed by atoms with Crippen LogP contribution in [0.25, 0.3) is 6.08 Å². The lowest BCUT2D eigenvalue weighted by Gasteiger charge is -2.07. The first-order valence-corrected chi connectivity index (χ1v) is 8.19. The Morgan fingerprint density at radius 3 is 2.50 bits per heavy atom. The standard InChI is InChI=1S/C16H15NO4S/c17-9-11-1-6-16-12(7-11)8-15(22(16,19)20)10-21-14-4-2-13(18)3-5-14/h1-8,18H,9-10,17H2. The molecule has 0 amide bonds. The number of rotatable bonds is 4. The number of fused-ring (bicyclic) bond motifs is 1. The van der Waals surface area contributed by atoms with Gasteiger partial charge in [-0.25, -0.2) is 8.42 Å². The van der Waals surface area contributed by atoms with E-state index in [1.165, 1.54) is 12.1 Å². The molecule has 3 N–H and O–H groups in total. The maximum absolute atomic E-state index is 12.4. The fraction of sp³-hybridized carbons (Fsp3) is 0.125. The smallest absolute Gasteiger partial charge is 0.206 e. The summed E-state index contributed by atoms with van der Waals surface area (Å²) in [4.78, 5) is 0.499. The summed E-state index contributed by atoms with van der Waals surface area (Å²) in [5.41, 5.74) is 7.10. The van der Waals surface area contributed by atoms with Crippen LogP contribution in [0.4, 0.5) is 0 Å². The molecule has 2 aromatic rings. The molecule has 0 saturated carbocycles. The summed E-state index contributed by atoms with van der Waals surface area (Å²) < 4.78 is 30.4. The van der Waals surface area contributed by atoms with Crippen molar-refractivity contribution in [2.45, 2.75) is 11.4 Å². The predicted octanol–water partition coefficient (Wildman–Crippen LogP) is 2.06. The highest BCUT2D eigenvalue weighted by molar-refractivity contribution is 7.95. The van der Waals surface area contributed by atoms with E-state index >= 15 is 0 Å². The fourth-order valence-electron chi connectivity index (χ4n) is 2.29. The summed E-state index contributed by atoms with van der Waals surface area (Å²) >= 11 is 0. The Morgan fingerprint density at radius 2 is 1.82 bits per heavy atom. The van der Waals surface area contributed by atoms with E-state index in [4.69, 9.17) is 10.5 Å². The van der Waals surface area contributed by atoms with Crippen LogP contribution in [-0.2, 0) is 16.4 Å². The normalized spacial score (nSPS) is 15.2. The molecule has 3 rings (SSSR count). The molecule has 0 spiro atoms. The van der Waals surface area contributed by atoms with Gasteiger partial charge in [0.05, 0.1) is 9.80 Å². The van der Waals surface area contributed by atoms with Crippen LogP contribution >= 0.6 is 0 Å². The minimum atomic E-state index is -3.50. The van der Waals surface area contributed by atoms with Gasteiger partial charge in [0.15, 0.2) is 0 Å². The first kappa shape index (κ1) is 14.6. The van der Waals surface area contributed by atoms with Crippen LogP contribution in [0.3, 0.4) is 0 Å². The zero-order chi connectivity index (χ0) is 15.7. The Bertz CT molecular complexity index is 839. The van der Waals surface area contributed by atoms with E-state index in [9.17, 15) is 13.5 Å². The Hall–Kier alpha value is -2.31. The number of phenols is 1. The lowest BCUT2D eigenvalue weighted by Crippen LogP contribution is -2.09. The Labute approximate surface area is 128 Å². The summed E-state index contributed by atoms with van der Waals surface area (Å²) in [6.07, 6.45) is 1.62. The van der Waals surface area contributed by atoms with Gasteiger partial charge in [0.1, 0.15) is 18.1 Å². The highest BCUT2D eigenvalue weighted by Gasteiger charge is 2.29. The Balaban J connectivity index is 1.84. The summed E-state index contributed by atoms with van der Waals surface area (Å²) in [6, 6.07) is 11.2. The molecule has 1 aliphatic heterocycles. The van der Waals surface area contributed by atoms with Gasteiger partial charge in [-0.2, -0.15) is 0 Å². The third kappa shape index (κ3) is 2.58. The lowest BCUT2D eigenvalue weighted by atomic mass is 10.1. The molecular weight excluding hydrogens is 302 g/mol. The quantitative estimate of drug-likeness (QED) is 0.901. The maximum atomic E-state index is 12.4. The van der Waals surface area contributed by atoms with Gasteiger partial charge in [0.2, 0.25) is 9.84 Å². The second-order valence-corrected chi connectivity index (χ2v) is 6.94. The summed E-state index contributed by atoms with van der Waals surface area (Å²) in [7, 11) is -3.50. The highest BCUT2D eigenvalue weighted by Crippen LogP contribution is 2.33. The minimum Gasteiger partial charge on any atom is -0.508 e. The van der Waals surface area contributed by atoms with Crippen molar-refractivity contribution in [3.63, 3.8) is 0 Å². The van der Waals surface area contributed by atoms with Crippen LogP contribution in [0.5, 0.6) is 11.5 Å². The fourth-order valence-corrected chi connectivity index (χ4v) is 3.74. The van der Waals surface area contributed by atoms with E-state index in [2.05, 4.69) is 0 Å². The van der Waals surface area contributed by atoms with Crippen LogP contribution < -0.4 is 10.5 Å². The van der Waals surface area contributed by atoms with Gasteiger partial charge in [0.25, 0.3) is 0 Å². The molecule has 0 aromatic heterocycles. The van der Waals surface area contributed by atoms with Crippen LogP contribution in [-0.4, -0.2) is 20.1 Å². The molecule has 0 radical (unpaired) electrons. The van der Waals surface area contributed by atoms with E-state index in [1.54, 1.807) is 36.4 Å². The molecular formula is C16H15NO4S. The Morgan fingerprint density at radius 1 is 1.09 bits per heavy atom. The average Bonchev–Trinajstić information content (AvgIpc) is 2.77. The largest absolute Gasteiger partial charge is 0.508 e. The van der Waals surface area contributed by atoms with Gasteiger partial charge in [0, 0.05) is 6.54 Å². The number of phenolic OH excluding ortho intramolecular Hbond substituents is 1. The molecule has 2 aromatic carbocycles. The summed E-state index contributed by atoms with van der Waals surface area (Å²) in [5, 5.41) is 9.21. The third-order valence-electron chi connectivity index (χ3n) is 3.48. The van der Waals surface area contributed by atoms with Crippen molar-refractivity contribution in [3.8, 4) is 11.5 Å². The molecule has 0 fully saturated rings. The van der Waals surface area contributed by atoms with Crippen molar-refractivity contribution >= 4 is 15.9 Å². The van der Waals surface area contributed by atoms with E-state index in [1.807, 2.05) is 0 Å². The first-order chi connectivity index (χ1) is 10.5. The van der Waals surface area contributed by atoms with Gasteiger partial charge < -0.3 is 15.6 Å². The minimum absolute atomic E-state index is 0.0558. The molecule has 5 nitrogen and oxygen atoms in total. The second kappa shape index (κ2) is 5.47. The molecule has 6 heteroatoms. The number of ether oxygens (including phenoxy) is 1. The van der Waals surface area contributed by atoms with E-state index in [-0.39, 0.29) is 22.2 Å². The SMILES string of the molecule is NCc1ccc2c(c1)C=C(COc1ccc(O)cc1)S2(=O)=O. The average molecular weight is 317 g/mol. The number of hydrogen-bond donors (Lipinski definition) is 2. The number of nitrogens with two attached hydrogens (primary N) is 1. The van der Waals surface area contributed by atoms with Crippen molar-refractivity contribution < 1.29 is 18.3 Å². The van der Waals surface area contributed by atoms with Gasteiger partial charge >= 0.3 is 0 Å². The molecule has 1 heterocycles. The molecule has 1 aliphatic rings. The number of aromatic hydroxyl groups is 1. The predicted molar refractivity (Wildman–Crippen MR) is 83.1 cm³/mol. The van der Waals surface area contributed by atoms with Crippen LogP contribution in [0, 0.1) is 0 Å².